The zero-order chi connectivity index (χ0) is 11.4. The van der Waals surface area contributed by atoms with Gasteiger partial charge in [-0.25, -0.2) is 4.79 Å². The average Bonchev–Trinajstić information content (AvgIpc) is 2.66. The molecule has 1 aromatic rings. The Morgan fingerprint density at radius 2 is 2.20 bits per heavy atom. The van der Waals surface area contributed by atoms with Gasteiger partial charge < -0.3 is 14.6 Å². The summed E-state index contributed by atoms with van der Waals surface area (Å²) >= 11 is 0. The molecule has 2 unspecified atom stereocenters. The maximum atomic E-state index is 10.5. The number of carboxylic acids is 1. The van der Waals surface area contributed by atoms with Crippen LogP contribution in [0.15, 0.2) is 16.5 Å². The Balaban J connectivity index is 2.65. The van der Waals surface area contributed by atoms with E-state index < -0.39 is 12.1 Å². The molecule has 1 heterocycles. The lowest BCUT2D eigenvalue weighted by Crippen LogP contribution is -2.02. The van der Waals surface area contributed by atoms with E-state index in [1.165, 1.54) is 12.1 Å². The largest absolute Gasteiger partial charge is 0.475 e. The molecule has 15 heavy (non-hydrogen) atoms. The molecule has 84 valence electrons. The van der Waals surface area contributed by atoms with Gasteiger partial charge in [0.1, 0.15) is 11.9 Å². The summed E-state index contributed by atoms with van der Waals surface area (Å²) in [4.78, 5) is 10.5. The third-order valence-electron chi connectivity index (χ3n) is 2.49. The minimum Gasteiger partial charge on any atom is -0.475 e. The lowest BCUT2D eigenvalue weighted by Gasteiger charge is -2.12. The first-order chi connectivity index (χ1) is 7.04. The Morgan fingerprint density at radius 1 is 1.53 bits per heavy atom. The van der Waals surface area contributed by atoms with E-state index in [0.717, 1.165) is 6.42 Å². The van der Waals surface area contributed by atoms with E-state index in [1.54, 1.807) is 0 Å². The monoisotopic (exact) mass is 212 g/mol. The van der Waals surface area contributed by atoms with Gasteiger partial charge in [0.2, 0.25) is 5.76 Å². The van der Waals surface area contributed by atoms with Crippen LogP contribution in [0.2, 0.25) is 0 Å². The fourth-order valence-corrected chi connectivity index (χ4v) is 1.31. The highest BCUT2D eigenvalue weighted by Gasteiger charge is 2.17. The predicted octanol–water partition coefficient (Wildman–Crippen LogP) is 2.45. The van der Waals surface area contributed by atoms with Gasteiger partial charge in [0.15, 0.2) is 0 Å². The molecule has 0 aliphatic rings. The lowest BCUT2D eigenvalue weighted by atomic mass is 10.00. The molecule has 2 N–H and O–H groups in total. The SMILES string of the molecule is CCC(C)CC(O)c1ccc(C(=O)O)o1. The van der Waals surface area contributed by atoms with Crippen LogP contribution in [0.25, 0.3) is 0 Å². The summed E-state index contributed by atoms with van der Waals surface area (Å²) in [7, 11) is 0. The molecule has 0 aromatic carbocycles. The summed E-state index contributed by atoms with van der Waals surface area (Å²) in [6.07, 6.45) is 0.847. The maximum absolute atomic E-state index is 10.5. The van der Waals surface area contributed by atoms with Gasteiger partial charge in [-0.05, 0) is 24.5 Å². The van der Waals surface area contributed by atoms with E-state index in [4.69, 9.17) is 9.52 Å². The molecule has 4 heteroatoms. The van der Waals surface area contributed by atoms with E-state index in [2.05, 4.69) is 0 Å². The molecule has 0 aliphatic carbocycles. The highest BCUT2D eigenvalue weighted by Crippen LogP contribution is 2.24. The number of carboxylic acid groups (broad SMARTS) is 1. The maximum Gasteiger partial charge on any atom is 0.371 e. The van der Waals surface area contributed by atoms with Gasteiger partial charge >= 0.3 is 5.97 Å². The molecule has 4 nitrogen and oxygen atoms in total. The molecule has 0 aliphatic heterocycles. The fourth-order valence-electron chi connectivity index (χ4n) is 1.31. The zero-order valence-electron chi connectivity index (χ0n) is 8.93. The summed E-state index contributed by atoms with van der Waals surface area (Å²) in [5, 5.41) is 18.4. The summed E-state index contributed by atoms with van der Waals surface area (Å²) in [6.45, 7) is 4.08. The van der Waals surface area contributed by atoms with Crippen LogP contribution in [0, 0.1) is 5.92 Å². The van der Waals surface area contributed by atoms with Gasteiger partial charge in [-0.15, -0.1) is 0 Å². The van der Waals surface area contributed by atoms with Crippen molar-refractivity contribution in [2.24, 2.45) is 5.92 Å². The second kappa shape index (κ2) is 4.98. The summed E-state index contributed by atoms with van der Waals surface area (Å²) in [5.74, 6) is -0.531. The second-order valence-electron chi connectivity index (χ2n) is 3.77. The molecule has 2 atom stereocenters. The number of furan rings is 1. The smallest absolute Gasteiger partial charge is 0.371 e. The van der Waals surface area contributed by atoms with E-state index in [0.29, 0.717) is 18.1 Å². The first-order valence-electron chi connectivity index (χ1n) is 5.05. The fraction of sp³-hybridized carbons (Fsp3) is 0.545. The van der Waals surface area contributed by atoms with Crippen molar-refractivity contribution in [1.29, 1.82) is 0 Å². The normalized spacial score (nSPS) is 14.9. The molecule has 0 fully saturated rings. The number of hydrogen-bond acceptors (Lipinski definition) is 3. The summed E-state index contributed by atoms with van der Waals surface area (Å²) in [6, 6.07) is 2.87. The van der Waals surface area contributed by atoms with Crippen LogP contribution in [0.4, 0.5) is 0 Å². The van der Waals surface area contributed by atoms with Crippen molar-refractivity contribution in [2.75, 3.05) is 0 Å². The van der Waals surface area contributed by atoms with Crippen molar-refractivity contribution in [3.63, 3.8) is 0 Å². The number of rotatable bonds is 5. The highest BCUT2D eigenvalue weighted by molar-refractivity contribution is 5.84. The number of aliphatic hydroxyl groups is 1. The first kappa shape index (κ1) is 11.8. The van der Waals surface area contributed by atoms with E-state index in [9.17, 15) is 9.90 Å². The quantitative estimate of drug-likeness (QED) is 0.786. The Labute approximate surface area is 88.5 Å². The number of carbonyl (C=O) groups is 1. The van der Waals surface area contributed by atoms with Gasteiger partial charge in [-0.1, -0.05) is 20.3 Å². The van der Waals surface area contributed by atoms with E-state index in [1.807, 2.05) is 13.8 Å². The highest BCUT2D eigenvalue weighted by atomic mass is 16.4. The summed E-state index contributed by atoms with van der Waals surface area (Å²) < 4.78 is 5.00. The van der Waals surface area contributed by atoms with Gasteiger partial charge in [-0.2, -0.15) is 0 Å². The molecule has 1 aromatic heterocycles. The number of hydrogen-bond donors (Lipinski definition) is 2. The molecule has 0 spiro atoms. The molecule has 0 saturated carbocycles. The molecule has 0 bridgehead atoms. The van der Waals surface area contributed by atoms with E-state index in [-0.39, 0.29) is 5.76 Å². The topological polar surface area (TPSA) is 70.7 Å². The predicted molar refractivity (Wildman–Crippen MR) is 54.7 cm³/mol. The minimum atomic E-state index is -1.11. The van der Waals surface area contributed by atoms with Gasteiger partial charge in [0.05, 0.1) is 0 Å². The average molecular weight is 212 g/mol. The lowest BCUT2D eigenvalue weighted by molar-refractivity contribution is 0.0647. The van der Waals surface area contributed by atoms with Gasteiger partial charge in [0, 0.05) is 0 Å². The van der Waals surface area contributed by atoms with Crippen LogP contribution >= 0.6 is 0 Å². The molecular weight excluding hydrogens is 196 g/mol. The third kappa shape index (κ3) is 3.09. The van der Waals surface area contributed by atoms with Crippen LogP contribution in [0.5, 0.6) is 0 Å². The Bertz CT molecular complexity index is 329. The molecule has 1 rings (SSSR count). The first-order valence-corrected chi connectivity index (χ1v) is 5.05. The van der Waals surface area contributed by atoms with E-state index >= 15 is 0 Å². The van der Waals surface area contributed by atoms with Crippen molar-refractivity contribution in [3.05, 3.63) is 23.7 Å². The third-order valence-corrected chi connectivity index (χ3v) is 2.49. The van der Waals surface area contributed by atoms with Crippen molar-refractivity contribution < 1.29 is 19.4 Å². The van der Waals surface area contributed by atoms with Crippen molar-refractivity contribution in [3.8, 4) is 0 Å². The van der Waals surface area contributed by atoms with Gasteiger partial charge in [0.25, 0.3) is 0 Å². The number of aliphatic hydroxyl groups excluding tert-OH is 1. The van der Waals surface area contributed by atoms with Crippen molar-refractivity contribution in [1.82, 2.24) is 0 Å². The van der Waals surface area contributed by atoms with Crippen LogP contribution in [0.3, 0.4) is 0 Å². The summed E-state index contributed by atoms with van der Waals surface area (Å²) in [5.41, 5.74) is 0. The molecular formula is C11H16O4. The van der Waals surface area contributed by atoms with Crippen molar-refractivity contribution in [2.45, 2.75) is 32.8 Å². The number of aromatic carboxylic acids is 1. The van der Waals surface area contributed by atoms with Crippen LogP contribution in [-0.4, -0.2) is 16.2 Å². The zero-order valence-corrected chi connectivity index (χ0v) is 8.93. The van der Waals surface area contributed by atoms with Crippen LogP contribution < -0.4 is 0 Å². The minimum absolute atomic E-state index is 0.131. The second-order valence-corrected chi connectivity index (χ2v) is 3.77. The Kier molecular flexibility index (Phi) is 3.91. The Morgan fingerprint density at radius 3 is 2.67 bits per heavy atom. The van der Waals surface area contributed by atoms with Crippen LogP contribution in [-0.2, 0) is 0 Å². The van der Waals surface area contributed by atoms with Crippen molar-refractivity contribution >= 4 is 5.97 Å². The standard InChI is InChI=1S/C11H16O4/c1-3-7(2)6-8(12)9-4-5-10(15-9)11(13)14/h4-5,7-8,12H,3,6H2,1-2H3,(H,13,14). The molecule has 0 amide bonds. The van der Waals surface area contributed by atoms with Gasteiger partial charge in [-0.3, -0.25) is 0 Å². The molecule has 0 radical (unpaired) electrons. The molecule has 0 saturated heterocycles. The van der Waals surface area contributed by atoms with Crippen LogP contribution in [0.1, 0.15) is 49.1 Å². The Hall–Kier alpha value is -1.29.